The van der Waals surface area contributed by atoms with Crippen molar-refractivity contribution in [1.82, 2.24) is 4.90 Å². The molecule has 0 aliphatic rings. The van der Waals surface area contributed by atoms with Gasteiger partial charge in [0, 0.05) is 14.1 Å². The molecule has 0 aromatic carbocycles. The Bertz CT molecular complexity index is 261. The van der Waals surface area contributed by atoms with E-state index in [1.54, 1.807) is 19.0 Å². The SMILES string of the molecule is CN(C)C(=S)S[C@H](CC(=N)[O-])C(=O)O.[Na+]. The van der Waals surface area contributed by atoms with Crippen LogP contribution in [0, 0.1) is 5.41 Å². The van der Waals surface area contributed by atoms with Crippen LogP contribution >= 0.6 is 24.0 Å². The first kappa shape index (κ1) is 17.6. The maximum Gasteiger partial charge on any atom is 1.00 e. The normalized spacial score (nSPS) is 11.1. The molecule has 0 bridgehead atoms. The summed E-state index contributed by atoms with van der Waals surface area (Å²) in [4.78, 5) is 12.2. The van der Waals surface area contributed by atoms with Gasteiger partial charge in [0.25, 0.3) is 0 Å². The van der Waals surface area contributed by atoms with Crippen molar-refractivity contribution in [2.45, 2.75) is 11.7 Å². The second-order valence-electron chi connectivity index (χ2n) is 2.73. The predicted octanol–water partition coefficient (Wildman–Crippen LogP) is -3.25. The maximum absolute atomic E-state index is 10.7. The van der Waals surface area contributed by atoms with E-state index in [4.69, 9.17) is 22.7 Å². The summed E-state index contributed by atoms with van der Waals surface area (Å²) in [6.07, 6.45) is -0.325. The Hall–Kier alpha value is 0.180. The van der Waals surface area contributed by atoms with Gasteiger partial charge in [0.2, 0.25) is 0 Å². The summed E-state index contributed by atoms with van der Waals surface area (Å²) in [5.41, 5.74) is 0. The van der Waals surface area contributed by atoms with Crippen LogP contribution < -0.4 is 34.7 Å². The number of aliphatic carboxylic acids is 1. The number of thioether (sulfide) groups is 1. The molecule has 0 spiro atoms. The van der Waals surface area contributed by atoms with Crippen LogP contribution in [0.5, 0.6) is 0 Å². The Morgan fingerprint density at radius 3 is 2.40 bits per heavy atom. The Labute approximate surface area is 120 Å². The Kier molecular flexibility index (Phi) is 9.78. The van der Waals surface area contributed by atoms with Crippen molar-refractivity contribution in [3.05, 3.63) is 0 Å². The van der Waals surface area contributed by atoms with Gasteiger partial charge in [-0.2, -0.15) is 0 Å². The minimum atomic E-state index is -1.13. The van der Waals surface area contributed by atoms with Gasteiger partial charge in [-0.15, -0.1) is 0 Å². The molecule has 0 aromatic rings. The van der Waals surface area contributed by atoms with Crippen LogP contribution in [0.3, 0.4) is 0 Å². The van der Waals surface area contributed by atoms with Gasteiger partial charge in [-0.05, 0) is 12.3 Å². The van der Waals surface area contributed by atoms with Crippen molar-refractivity contribution in [3.8, 4) is 0 Å². The number of hydrogen-bond acceptors (Lipinski definition) is 5. The molecule has 1 atom stereocenters. The first-order valence-corrected chi connectivity index (χ1v) is 4.98. The van der Waals surface area contributed by atoms with E-state index in [0.29, 0.717) is 4.32 Å². The van der Waals surface area contributed by atoms with Gasteiger partial charge in [0.05, 0.1) is 0 Å². The summed E-state index contributed by atoms with van der Waals surface area (Å²) in [5, 5.41) is 24.9. The molecule has 80 valence electrons. The third-order valence-electron chi connectivity index (χ3n) is 1.25. The summed E-state index contributed by atoms with van der Waals surface area (Å²) < 4.78 is 0.388. The average molecular weight is 258 g/mol. The molecule has 5 nitrogen and oxygen atoms in total. The minimum Gasteiger partial charge on any atom is -0.862 e. The van der Waals surface area contributed by atoms with Crippen LogP contribution in [0.15, 0.2) is 0 Å². The third-order valence-corrected chi connectivity index (χ3v) is 3.13. The van der Waals surface area contributed by atoms with Gasteiger partial charge in [-0.25, -0.2) is 0 Å². The molecule has 0 heterocycles. The van der Waals surface area contributed by atoms with Crippen LogP contribution in [0.25, 0.3) is 0 Å². The fourth-order valence-electron chi connectivity index (χ4n) is 0.575. The number of nitrogens with one attached hydrogen (secondary N) is 1. The molecule has 0 aromatic heterocycles. The minimum absolute atomic E-state index is 0. The first-order valence-electron chi connectivity index (χ1n) is 3.69. The average Bonchev–Trinajstić information content (AvgIpc) is 2.01. The van der Waals surface area contributed by atoms with E-state index in [9.17, 15) is 9.90 Å². The Morgan fingerprint density at radius 1 is 1.67 bits per heavy atom. The van der Waals surface area contributed by atoms with Crippen molar-refractivity contribution < 1.29 is 44.6 Å². The van der Waals surface area contributed by atoms with Gasteiger partial charge in [0.1, 0.15) is 9.57 Å². The number of carboxylic acid groups (broad SMARTS) is 1. The van der Waals surface area contributed by atoms with E-state index < -0.39 is 17.1 Å². The topological polar surface area (TPSA) is 87.5 Å². The molecular formula is C7H11N2NaO3S2. The van der Waals surface area contributed by atoms with Crippen LogP contribution in [0.1, 0.15) is 6.42 Å². The van der Waals surface area contributed by atoms with Crippen LogP contribution in [-0.4, -0.2) is 45.5 Å². The standard InChI is InChI=1S/C7H12N2O3S2.Na/c1-9(2)7(13)14-4(6(11)12)3-5(8)10;/h4H,3H2,1-2H3,(H2,8,10)(H,11,12);/q;+1/p-1/t4-;/m1./s1. The van der Waals surface area contributed by atoms with E-state index in [0.717, 1.165) is 11.8 Å². The van der Waals surface area contributed by atoms with Gasteiger partial charge in [-0.1, -0.05) is 24.0 Å². The molecule has 0 saturated carbocycles. The molecular weight excluding hydrogens is 247 g/mol. The zero-order valence-electron chi connectivity index (χ0n) is 8.81. The molecule has 0 saturated heterocycles. The van der Waals surface area contributed by atoms with E-state index in [2.05, 4.69) is 0 Å². The zero-order valence-corrected chi connectivity index (χ0v) is 12.4. The predicted molar refractivity (Wildman–Crippen MR) is 57.6 cm³/mol. The van der Waals surface area contributed by atoms with Gasteiger partial charge >= 0.3 is 35.5 Å². The van der Waals surface area contributed by atoms with E-state index in [-0.39, 0.29) is 36.0 Å². The molecule has 0 radical (unpaired) electrons. The summed E-state index contributed by atoms with van der Waals surface area (Å²) in [6.45, 7) is 0. The van der Waals surface area contributed by atoms with Crippen molar-refractivity contribution in [3.63, 3.8) is 0 Å². The van der Waals surface area contributed by atoms with Crippen molar-refractivity contribution in [1.29, 1.82) is 5.41 Å². The van der Waals surface area contributed by atoms with Crippen LogP contribution in [0.4, 0.5) is 0 Å². The van der Waals surface area contributed by atoms with Crippen molar-refractivity contribution in [2.75, 3.05) is 14.1 Å². The van der Waals surface area contributed by atoms with E-state index >= 15 is 0 Å². The molecule has 0 aliphatic carbocycles. The number of hydrogen-bond donors (Lipinski definition) is 2. The largest absolute Gasteiger partial charge is 1.00 e. The summed E-state index contributed by atoms with van der Waals surface area (Å²) in [6, 6.07) is 0. The van der Waals surface area contributed by atoms with Gasteiger partial charge in [0.15, 0.2) is 0 Å². The molecule has 8 heteroatoms. The summed E-state index contributed by atoms with van der Waals surface area (Å²) in [7, 11) is 3.38. The molecule has 2 N–H and O–H groups in total. The Balaban J connectivity index is 0. The zero-order chi connectivity index (χ0) is 11.3. The van der Waals surface area contributed by atoms with Crippen molar-refractivity contribution in [2.24, 2.45) is 0 Å². The molecule has 0 unspecified atom stereocenters. The van der Waals surface area contributed by atoms with Crippen LogP contribution in [0.2, 0.25) is 0 Å². The molecule has 0 fully saturated rings. The second kappa shape index (κ2) is 8.35. The van der Waals surface area contributed by atoms with Crippen LogP contribution in [-0.2, 0) is 4.79 Å². The van der Waals surface area contributed by atoms with Crippen molar-refractivity contribution >= 4 is 40.2 Å². The first-order chi connectivity index (χ1) is 6.34. The van der Waals surface area contributed by atoms with E-state index in [1.165, 1.54) is 0 Å². The maximum atomic E-state index is 10.7. The monoisotopic (exact) mass is 258 g/mol. The number of rotatable bonds is 4. The number of carboxylic acids is 1. The molecule has 0 amide bonds. The molecule has 15 heavy (non-hydrogen) atoms. The Morgan fingerprint density at radius 2 is 2.13 bits per heavy atom. The number of nitrogens with zero attached hydrogens (tertiary/aromatic N) is 1. The fraction of sp³-hybridized carbons (Fsp3) is 0.571. The smallest absolute Gasteiger partial charge is 0.862 e. The third kappa shape index (κ3) is 8.04. The molecule has 0 rings (SSSR count). The van der Waals surface area contributed by atoms with E-state index in [1.807, 2.05) is 0 Å². The van der Waals surface area contributed by atoms with Gasteiger partial charge in [-0.3, -0.25) is 4.79 Å². The number of thiocarbonyl (C=S) groups is 1. The summed E-state index contributed by atoms with van der Waals surface area (Å²) in [5.74, 6) is -2.02. The van der Waals surface area contributed by atoms with Gasteiger partial charge < -0.3 is 20.5 Å². The molecule has 0 aliphatic heterocycles. The summed E-state index contributed by atoms with van der Waals surface area (Å²) >= 11 is 5.79. The fourth-order valence-corrected chi connectivity index (χ4v) is 1.71. The number of carbonyl (C=O) groups is 1. The second-order valence-corrected chi connectivity index (χ2v) is 4.57. The quantitative estimate of drug-likeness (QED) is 0.238.